The second kappa shape index (κ2) is 5.07. The Kier molecular flexibility index (Phi) is 4.23. The van der Waals surface area contributed by atoms with Crippen molar-refractivity contribution in [3.63, 3.8) is 0 Å². The molecule has 0 radical (unpaired) electrons. The fourth-order valence-electron chi connectivity index (χ4n) is 2.18. The van der Waals surface area contributed by atoms with E-state index in [1.54, 1.807) is 0 Å². The zero-order chi connectivity index (χ0) is 15.0. The van der Waals surface area contributed by atoms with E-state index in [4.69, 9.17) is 10.5 Å². The number of ether oxygens (including phenoxy) is 1. The Morgan fingerprint density at radius 2 is 1.37 bits per heavy atom. The third-order valence-electron chi connectivity index (χ3n) is 3.13. The lowest BCUT2D eigenvalue weighted by Crippen LogP contribution is -2.20. The minimum Gasteiger partial charge on any atom is -0.491 e. The van der Waals surface area contributed by atoms with Gasteiger partial charge in [0, 0.05) is 11.8 Å². The summed E-state index contributed by atoms with van der Waals surface area (Å²) in [5.41, 5.74) is 9.52. The topological polar surface area (TPSA) is 35.2 Å². The van der Waals surface area contributed by atoms with E-state index in [0.29, 0.717) is 0 Å². The fraction of sp³-hybridized carbons (Fsp3) is 0.647. The second-order valence-electron chi connectivity index (χ2n) is 7.60. The monoisotopic (exact) mass is 263 g/mol. The lowest BCUT2D eigenvalue weighted by atomic mass is 9.79. The zero-order valence-electron chi connectivity index (χ0n) is 13.7. The van der Waals surface area contributed by atoms with E-state index < -0.39 is 0 Å². The minimum atomic E-state index is 0.0396. The number of rotatable bonds is 2. The summed E-state index contributed by atoms with van der Waals surface area (Å²) < 4.78 is 5.94. The molecule has 0 aliphatic heterocycles. The van der Waals surface area contributed by atoms with Crippen molar-refractivity contribution in [2.75, 3.05) is 5.73 Å². The normalized spacial score (nSPS) is 12.9. The molecule has 1 aromatic rings. The summed E-state index contributed by atoms with van der Waals surface area (Å²) >= 11 is 0. The molecule has 19 heavy (non-hydrogen) atoms. The van der Waals surface area contributed by atoms with Gasteiger partial charge in [-0.2, -0.15) is 0 Å². The number of nitrogen functional groups attached to an aromatic ring is 1. The second-order valence-corrected chi connectivity index (χ2v) is 7.60. The molecule has 2 N–H and O–H groups in total. The van der Waals surface area contributed by atoms with Gasteiger partial charge in [0.2, 0.25) is 0 Å². The van der Waals surface area contributed by atoms with Crippen molar-refractivity contribution in [2.45, 2.75) is 72.3 Å². The van der Waals surface area contributed by atoms with Gasteiger partial charge >= 0.3 is 0 Å². The molecule has 2 heteroatoms. The van der Waals surface area contributed by atoms with Gasteiger partial charge in [0.15, 0.2) is 0 Å². The third kappa shape index (κ3) is 3.89. The zero-order valence-corrected chi connectivity index (χ0v) is 13.7. The van der Waals surface area contributed by atoms with Crippen molar-refractivity contribution in [1.29, 1.82) is 0 Å². The largest absolute Gasteiger partial charge is 0.491 e. The van der Waals surface area contributed by atoms with E-state index in [-0.39, 0.29) is 16.9 Å². The van der Waals surface area contributed by atoms with Crippen LogP contribution in [0.3, 0.4) is 0 Å². The maximum Gasteiger partial charge on any atom is 0.125 e. The Bertz CT molecular complexity index is 448. The molecule has 1 aromatic carbocycles. The number of nitrogens with two attached hydrogens (primary N) is 1. The van der Waals surface area contributed by atoms with Gasteiger partial charge in [0.1, 0.15) is 5.75 Å². The van der Waals surface area contributed by atoms with Crippen molar-refractivity contribution in [1.82, 2.24) is 0 Å². The van der Waals surface area contributed by atoms with Gasteiger partial charge in [0.05, 0.1) is 6.10 Å². The van der Waals surface area contributed by atoms with E-state index in [0.717, 1.165) is 11.4 Å². The highest BCUT2D eigenvalue weighted by Gasteiger charge is 2.25. The van der Waals surface area contributed by atoms with Gasteiger partial charge in [-0.05, 0) is 41.9 Å². The molecule has 108 valence electrons. The van der Waals surface area contributed by atoms with Crippen LogP contribution in [0.5, 0.6) is 5.75 Å². The van der Waals surface area contributed by atoms with Gasteiger partial charge in [-0.1, -0.05) is 41.5 Å². The van der Waals surface area contributed by atoms with E-state index in [9.17, 15) is 0 Å². The highest BCUT2D eigenvalue weighted by Crippen LogP contribution is 2.39. The molecule has 0 unspecified atom stereocenters. The average Bonchev–Trinajstić information content (AvgIpc) is 2.11. The van der Waals surface area contributed by atoms with Crippen LogP contribution in [-0.2, 0) is 10.8 Å². The van der Waals surface area contributed by atoms with Gasteiger partial charge in [-0.15, -0.1) is 0 Å². The number of hydrogen-bond acceptors (Lipinski definition) is 2. The molecular formula is C17H29NO. The quantitative estimate of drug-likeness (QED) is 0.788. The Hall–Kier alpha value is -1.18. The first-order chi connectivity index (χ1) is 8.43. The lowest BCUT2D eigenvalue weighted by Gasteiger charge is -2.29. The first-order valence-electron chi connectivity index (χ1n) is 7.04. The summed E-state index contributed by atoms with van der Waals surface area (Å²) in [6, 6.07) is 4.20. The Labute approximate surface area is 118 Å². The van der Waals surface area contributed by atoms with Crippen molar-refractivity contribution in [3.8, 4) is 5.75 Å². The van der Waals surface area contributed by atoms with Gasteiger partial charge in [-0.3, -0.25) is 0 Å². The van der Waals surface area contributed by atoms with E-state index in [1.807, 2.05) is 19.9 Å². The molecule has 0 heterocycles. The molecule has 0 saturated carbocycles. The molecule has 0 spiro atoms. The van der Waals surface area contributed by atoms with Gasteiger partial charge < -0.3 is 10.5 Å². The molecule has 0 saturated heterocycles. The van der Waals surface area contributed by atoms with E-state index >= 15 is 0 Å². The summed E-state index contributed by atoms with van der Waals surface area (Å²) in [6.45, 7) is 17.3. The number of anilines is 1. The van der Waals surface area contributed by atoms with Crippen molar-refractivity contribution in [3.05, 3.63) is 23.3 Å². The number of hydrogen-bond donors (Lipinski definition) is 1. The van der Waals surface area contributed by atoms with Crippen LogP contribution in [0, 0.1) is 0 Å². The average molecular weight is 263 g/mol. The Morgan fingerprint density at radius 1 is 0.895 bits per heavy atom. The smallest absolute Gasteiger partial charge is 0.125 e. The highest BCUT2D eigenvalue weighted by atomic mass is 16.5. The van der Waals surface area contributed by atoms with E-state index in [1.165, 1.54) is 11.1 Å². The van der Waals surface area contributed by atoms with Crippen molar-refractivity contribution < 1.29 is 4.74 Å². The SMILES string of the molecule is CC(C)Oc1cc(N)c(C(C)(C)C)cc1C(C)(C)C. The maximum atomic E-state index is 6.22. The third-order valence-corrected chi connectivity index (χ3v) is 3.13. The van der Waals surface area contributed by atoms with Gasteiger partial charge in [-0.25, -0.2) is 0 Å². The molecule has 0 bridgehead atoms. The molecule has 0 aromatic heterocycles. The van der Waals surface area contributed by atoms with Crippen LogP contribution in [-0.4, -0.2) is 6.10 Å². The summed E-state index contributed by atoms with van der Waals surface area (Å²) in [6.07, 6.45) is 0.154. The van der Waals surface area contributed by atoms with Crippen molar-refractivity contribution >= 4 is 5.69 Å². The van der Waals surface area contributed by atoms with Crippen LogP contribution in [0.15, 0.2) is 12.1 Å². The first-order valence-corrected chi connectivity index (χ1v) is 7.04. The maximum absolute atomic E-state index is 6.22. The van der Waals surface area contributed by atoms with Crippen LogP contribution in [0.1, 0.15) is 66.5 Å². The predicted molar refractivity (Wildman–Crippen MR) is 84.0 cm³/mol. The molecule has 0 fully saturated rings. The molecule has 0 aliphatic rings. The molecule has 1 rings (SSSR count). The molecule has 0 aliphatic carbocycles. The van der Waals surface area contributed by atoms with Crippen LogP contribution in [0.2, 0.25) is 0 Å². The van der Waals surface area contributed by atoms with E-state index in [2.05, 4.69) is 47.6 Å². The summed E-state index contributed by atoms with van der Waals surface area (Å²) in [5, 5.41) is 0. The molecule has 2 nitrogen and oxygen atoms in total. The summed E-state index contributed by atoms with van der Waals surface area (Å²) in [7, 11) is 0. The Balaban J connectivity index is 3.46. The molecule has 0 amide bonds. The van der Waals surface area contributed by atoms with Crippen LogP contribution < -0.4 is 10.5 Å². The fourth-order valence-corrected chi connectivity index (χ4v) is 2.18. The van der Waals surface area contributed by atoms with Crippen molar-refractivity contribution in [2.24, 2.45) is 0 Å². The highest BCUT2D eigenvalue weighted by molar-refractivity contribution is 5.59. The standard InChI is InChI=1S/C17H29NO/c1-11(2)19-15-10-14(18)12(16(3,4)5)9-13(15)17(6,7)8/h9-11H,18H2,1-8H3. The van der Waals surface area contributed by atoms with Crippen LogP contribution in [0.4, 0.5) is 5.69 Å². The van der Waals surface area contributed by atoms with Crippen LogP contribution in [0.25, 0.3) is 0 Å². The lowest BCUT2D eigenvalue weighted by molar-refractivity contribution is 0.236. The summed E-state index contributed by atoms with van der Waals surface area (Å²) in [4.78, 5) is 0. The molecular weight excluding hydrogens is 234 g/mol. The minimum absolute atomic E-state index is 0.0396. The van der Waals surface area contributed by atoms with Gasteiger partial charge in [0.25, 0.3) is 0 Å². The predicted octanol–water partition coefficient (Wildman–Crippen LogP) is 4.65. The first kappa shape index (κ1) is 15.9. The Morgan fingerprint density at radius 3 is 1.74 bits per heavy atom. The number of benzene rings is 1. The molecule has 0 atom stereocenters. The summed E-state index contributed by atoms with van der Waals surface area (Å²) in [5.74, 6) is 0.910. The van der Waals surface area contributed by atoms with Crippen LogP contribution >= 0.6 is 0 Å².